The molecule has 0 radical (unpaired) electrons. The quantitative estimate of drug-likeness (QED) is 0.729. The Morgan fingerprint density at radius 2 is 2.00 bits per heavy atom. The molecule has 6 nitrogen and oxygen atoms in total. The molecule has 2 aromatic carbocycles. The predicted octanol–water partition coefficient (Wildman–Crippen LogP) is 2.91. The van der Waals surface area contributed by atoms with E-state index in [9.17, 15) is 12.8 Å². The average molecular weight is 419 g/mol. The summed E-state index contributed by atoms with van der Waals surface area (Å²) in [6.45, 7) is 3.94. The van der Waals surface area contributed by atoms with E-state index in [2.05, 4.69) is 16.6 Å². The van der Waals surface area contributed by atoms with E-state index >= 15 is 0 Å². The predicted molar refractivity (Wildman–Crippen MR) is 106 cm³/mol. The summed E-state index contributed by atoms with van der Waals surface area (Å²) in [5, 5.41) is 0. The van der Waals surface area contributed by atoms with Gasteiger partial charge in [-0.1, -0.05) is 24.0 Å². The standard InChI is InChI=1S/C21H22FNO5S/c1-21(2)14-15-7-6-8-18(20(15)28-21)27-12-5-4-11-23-29(24,25)19-13-16(22)9-10-17(19)26-3/h6-10,13,23H,11-12,14H2,1-3H3. The van der Waals surface area contributed by atoms with Gasteiger partial charge in [-0.3, -0.25) is 0 Å². The lowest BCUT2D eigenvalue weighted by Crippen LogP contribution is -2.24. The number of para-hydroxylation sites is 1. The van der Waals surface area contributed by atoms with Gasteiger partial charge in [0.05, 0.1) is 13.7 Å². The van der Waals surface area contributed by atoms with Crippen molar-refractivity contribution >= 4 is 10.0 Å². The lowest BCUT2D eigenvalue weighted by Gasteiger charge is -2.17. The molecule has 0 saturated heterocycles. The first-order valence-corrected chi connectivity index (χ1v) is 10.4. The Morgan fingerprint density at radius 3 is 2.76 bits per heavy atom. The number of sulfonamides is 1. The third-order valence-electron chi connectivity index (χ3n) is 4.25. The van der Waals surface area contributed by atoms with Gasteiger partial charge < -0.3 is 14.2 Å². The minimum Gasteiger partial charge on any atom is -0.495 e. The number of halogens is 1. The Hall–Kier alpha value is -2.76. The summed E-state index contributed by atoms with van der Waals surface area (Å²) in [7, 11) is -2.65. The fourth-order valence-electron chi connectivity index (χ4n) is 3.00. The maximum atomic E-state index is 13.4. The maximum Gasteiger partial charge on any atom is 0.245 e. The first-order valence-electron chi connectivity index (χ1n) is 8.94. The second-order valence-electron chi connectivity index (χ2n) is 7.04. The monoisotopic (exact) mass is 419 g/mol. The van der Waals surface area contributed by atoms with E-state index in [-0.39, 0.29) is 29.4 Å². The van der Waals surface area contributed by atoms with Gasteiger partial charge in [-0.2, -0.15) is 4.72 Å². The van der Waals surface area contributed by atoms with E-state index in [0.717, 1.165) is 29.9 Å². The van der Waals surface area contributed by atoms with Crippen LogP contribution in [0.25, 0.3) is 0 Å². The first kappa shape index (κ1) is 21.0. The molecule has 0 saturated carbocycles. The van der Waals surface area contributed by atoms with Gasteiger partial charge in [-0.15, -0.1) is 0 Å². The highest BCUT2D eigenvalue weighted by Gasteiger charge is 2.32. The second kappa shape index (κ2) is 8.31. The van der Waals surface area contributed by atoms with Gasteiger partial charge in [0, 0.05) is 12.0 Å². The van der Waals surface area contributed by atoms with Gasteiger partial charge in [0.15, 0.2) is 11.5 Å². The highest BCUT2D eigenvalue weighted by atomic mass is 32.2. The minimum absolute atomic E-state index is 0.0519. The highest BCUT2D eigenvalue weighted by molar-refractivity contribution is 7.89. The summed E-state index contributed by atoms with van der Waals surface area (Å²) in [6, 6.07) is 8.98. The number of fused-ring (bicyclic) bond motifs is 1. The third kappa shape index (κ3) is 5.00. The van der Waals surface area contributed by atoms with E-state index < -0.39 is 15.8 Å². The molecule has 0 unspecified atom stereocenters. The summed E-state index contributed by atoms with van der Waals surface area (Å²) in [6.07, 6.45) is 0.802. The molecule has 1 aliphatic rings. The van der Waals surface area contributed by atoms with Gasteiger partial charge in [0.25, 0.3) is 0 Å². The van der Waals surface area contributed by atoms with Crippen LogP contribution >= 0.6 is 0 Å². The zero-order chi connectivity index (χ0) is 21.1. The van der Waals surface area contributed by atoms with Crippen molar-refractivity contribution in [1.82, 2.24) is 4.72 Å². The van der Waals surface area contributed by atoms with Crippen molar-refractivity contribution in [2.45, 2.75) is 30.8 Å². The van der Waals surface area contributed by atoms with Crippen LogP contribution in [0.2, 0.25) is 0 Å². The molecule has 0 amide bonds. The summed E-state index contributed by atoms with van der Waals surface area (Å²) >= 11 is 0. The van der Waals surface area contributed by atoms with E-state index in [1.165, 1.54) is 13.2 Å². The zero-order valence-corrected chi connectivity index (χ0v) is 17.2. The smallest absolute Gasteiger partial charge is 0.245 e. The Bertz CT molecular complexity index is 1070. The van der Waals surface area contributed by atoms with Crippen LogP contribution in [-0.4, -0.2) is 34.3 Å². The van der Waals surface area contributed by atoms with Gasteiger partial charge in [0.2, 0.25) is 10.0 Å². The van der Waals surface area contributed by atoms with Crippen LogP contribution in [0.1, 0.15) is 19.4 Å². The molecule has 0 fully saturated rings. The Balaban J connectivity index is 1.58. The van der Waals surface area contributed by atoms with Crippen LogP contribution in [0.5, 0.6) is 17.2 Å². The SMILES string of the molecule is COc1ccc(F)cc1S(=O)(=O)NCC#CCOc1cccc2c1OC(C)(C)C2. The molecule has 1 heterocycles. The van der Waals surface area contributed by atoms with Crippen molar-refractivity contribution in [3.63, 3.8) is 0 Å². The molecule has 0 bridgehead atoms. The van der Waals surface area contributed by atoms with Crippen LogP contribution in [0, 0.1) is 17.7 Å². The molecular formula is C21H22FNO5S. The topological polar surface area (TPSA) is 73.9 Å². The van der Waals surface area contributed by atoms with Crippen LogP contribution in [0.4, 0.5) is 4.39 Å². The molecule has 29 heavy (non-hydrogen) atoms. The molecule has 8 heteroatoms. The number of benzene rings is 2. The molecule has 0 spiro atoms. The molecule has 154 valence electrons. The van der Waals surface area contributed by atoms with Gasteiger partial charge in [0.1, 0.15) is 28.7 Å². The number of ether oxygens (including phenoxy) is 3. The number of methoxy groups -OCH3 is 1. The maximum absolute atomic E-state index is 13.4. The Kier molecular flexibility index (Phi) is 6.01. The highest BCUT2D eigenvalue weighted by Crippen LogP contribution is 2.41. The largest absolute Gasteiger partial charge is 0.495 e. The average Bonchev–Trinajstić information content (AvgIpc) is 2.99. The fraction of sp³-hybridized carbons (Fsp3) is 0.333. The lowest BCUT2D eigenvalue weighted by molar-refractivity contribution is 0.133. The molecule has 3 rings (SSSR count). The molecule has 0 aliphatic carbocycles. The van der Waals surface area contributed by atoms with Gasteiger partial charge in [-0.25, -0.2) is 12.8 Å². The van der Waals surface area contributed by atoms with Crippen molar-refractivity contribution in [3.05, 3.63) is 47.8 Å². The number of hydrogen-bond donors (Lipinski definition) is 1. The van der Waals surface area contributed by atoms with E-state index in [1.54, 1.807) is 6.07 Å². The minimum atomic E-state index is -3.96. The molecule has 0 aromatic heterocycles. The fourth-order valence-corrected chi connectivity index (χ4v) is 4.10. The van der Waals surface area contributed by atoms with Crippen molar-refractivity contribution in [3.8, 4) is 29.1 Å². The summed E-state index contributed by atoms with van der Waals surface area (Å²) in [4.78, 5) is -0.280. The molecular weight excluding hydrogens is 397 g/mol. The third-order valence-corrected chi connectivity index (χ3v) is 5.67. The van der Waals surface area contributed by atoms with Crippen molar-refractivity contribution in [1.29, 1.82) is 0 Å². The second-order valence-corrected chi connectivity index (χ2v) is 8.78. The molecule has 0 atom stereocenters. The normalized spacial score (nSPS) is 14.3. The Morgan fingerprint density at radius 1 is 1.21 bits per heavy atom. The summed E-state index contributed by atoms with van der Waals surface area (Å²) in [5.41, 5.74) is 0.807. The van der Waals surface area contributed by atoms with E-state index in [0.29, 0.717) is 5.75 Å². The van der Waals surface area contributed by atoms with Crippen LogP contribution in [0.15, 0.2) is 41.3 Å². The number of nitrogens with one attached hydrogen (secondary N) is 1. The molecule has 1 N–H and O–H groups in total. The van der Waals surface area contributed by atoms with Gasteiger partial charge in [-0.05, 0) is 38.1 Å². The van der Waals surface area contributed by atoms with E-state index in [4.69, 9.17) is 14.2 Å². The van der Waals surface area contributed by atoms with Crippen molar-refractivity contribution in [2.24, 2.45) is 0 Å². The first-order chi connectivity index (χ1) is 13.7. The number of hydrogen-bond acceptors (Lipinski definition) is 5. The summed E-state index contributed by atoms with van der Waals surface area (Å²) in [5.74, 6) is 6.13. The zero-order valence-electron chi connectivity index (χ0n) is 16.4. The summed E-state index contributed by atoms with van der Waals surface area (Å²) < 4.78 is 56.9. The van der Waals surface area contributed by atoms with Gasteiger partial charge >= 0.3 is 0 Å². The number of rotatable bonds is 6. The molecule has 1 aliphatic heterocycles. The van der Waals surface area contributed by atoms with Crippen molar-refractivity contribution in [2.75, 3.05) is 20.3 Å². The lowest BCUT2D eigenvalue weighted by atomic mass is 10.0. The Labute approximate surface area is 170 Å². The van der Waals surface area contributed by atoms with Crippen LogP contribution in [0.3, 0.4) is 0 Å². The van der Waals surface area contributed by atoms with E-state index in [1.807, 2.05) is 26.0 Å². The molecule has 2 aromatic rings. The van der Waals surface area contributed by atoms with Crippen LogP contribution in [-0.2, 0) is 16.4 Å². The van der Waals surface area contributed by atoms with Crippen LogP contribution < -0.4 is 18.9 Å². The van der Waals surface area contributed by atoms with Crippen molar-refractivity contribution < 1.29 is 27.0 Å².